The van der Waals surface area contributed by atoms with E-state index in [9.17, 15) is 4.39 Å². The van der Waals surface area contributed by atoms with E-state index in [0.29, 0.717) is 20.8 Å². The van der Waals surface area contributed by atoms with Gasteiger partial charge < -0.3 is 15.0 Å². The molecule has 0 spiro atoms. The van der Waals surface area contributed by atoms with E-state index in [1.54, 1.807) is 13.0 Å². The van der Waals surface area contributed by atoms with E-state index in [1.807, 2.05) is 36.4 Å². The number of hydrogen-bond acceptors (Lipinski definition) is 5. The third-order valence-electron chi connectivity index (χ3n) is 2.81. The van der Waals surface area contributed by atoms with Gasteiger partial charge >= 0.3 is 0 Å². The lowest BCUT2D eigenvalue weighted by atomic mass is 10.1. The lowest BCUT2D eigenvalue weighted by molar-refractivity contribution is 0.0410. The zero-order valence-corrected chi connectivity index (χ0v) is 14.2. The van der Waals surface area contributed by atoms with Crippen molar-refractivity contribution in [1.82, 2.24) is 10.1 Å². The molecule has 1 aromatic carbocycles. The van der Waals surface area contributed by atoms with Crippen molar-refractivity contribution in [3.63, 3.8) is 0 Å². The highest BCUT2D eigenvalue weighted by Crippen LogP contribution is 2.26. The molecular weight excluding hydrogens is 388 g/mol. The molecular formula is C14H17FIN3O2. The zero-order chi connectivity index (χ0) is 15.6. The van der Waals surface area contributed by atoms with Crippen molar-refractivity contribution < 1.29 is 13.7 Å². The number of hydrogen-bond donors (Lipinski definition) is 1. The Hall–Kier alpha value is -1.06. The predicted octanol–water partition coefficient (Wildman–Crippen LogP) is 3.08. The van der Waals surface area contributed by atoms with E-state index >= 15 is 0 Å². The Morgan fingerprint density at radius 1 is 1.48 bits per heavy atom. The second-order valence-electron chi connectivity index (χ2n) is 5.32. The number of aromatic nitrogens is 2. The Kier molecular flexibility index (Phi) is 4.95. The Bertz CT molecular complexity index is 628. The molecule has 0 saturated heterocycles. The van der Waals surface area contributed by atoms with Crippen molar-refractivity contribution in [3.05, 3.63) is 33.4 Å². The minimum atomic E-state index is -0.850. The maximum atomic E-state index is 13.1. The van der Waals surface area contributed by atoms with Crippen molar-refractivity contribution in [2.75, 3.05) is 6.61 Å². The summed E-state index contributed by atoms with van der Waals surface area (Å²) in [5.74, 6) is 0.366. The van der Waals surface area contributed by atoms with Gasteiger partial charge in [-0.2, -0.15) is 4.98 Å². The first-order valence-electron chi connectivity index (χ1n) is 6.49. The fraction of sp³-hybridized carbons (Fsp3) is 0.429. The largest absolute Gasteiger partial charge is 0.376 e. The first-order chi connectivity index (χ1) is 9.79. The van der Waals surface area contributed by atoms with Crippen LogP contribution in [0.2, 0.25) is 0 Å². The van der Waals surface area contributed by atoms with Crippen LogP contribution >= 0.6 is 22.6 Å². The van der Waals surface area contributed by atoms with Crippen molar-refractivity contribution in [1.29, 1.82) is 0 Å². The summed E-state index contributed by atoms with van der Waals surface area (Å²) in [6, 6.07) is 4.36. The summed E-state index contributed by atoms with van der Waals surface area (Å²) >= 11 is 2.02. The first-order valence-corrected chi connectivity index (χ1v) is 7.57. The predicted molar refractivity (Wildman–Crippen MR) is 85.0 cm³/mol. The lowest BCUT2D eigenvalue weighted by Crippen LogP contribution is -2.40. The molecule has 0 aliphatic carbocycles. The van der Waals surface area contributed by atoms with Crippen LogP contribution in [0.1, 0.15) is 26.6 Å². The molecule has 2 N–H and O–H groups in total. The van der Waals surface area contributed by atoms with Gasteiger partial charge in [-0.25, -0.2) is 4.39 Å². The molecule has 0 saturated carbocycles. The summed E-state index contributed by atoms with van der Waals surface area (Å²) in [5.41, 5.74) is 6.00. The smallest absolute Gasteiger partial charge is 0.259 e. The maximum Gasteiger partial charge on any atom is 0.259 e. The molecule has 1 aromatic heterocycles. The van der Waals surface area contributed by atoms with Crippen LogP contribution in [0.4, 0.5) is 4.39 Å². The molecule has 1 unspecified atom stereocenters. The van der Waals surface area contributed by atoms with Gasteiger partial charge in [-0.05, 0) is 61.6 Å². The van der Waals surface area contributed by atoms with E-state index in [4.69, 9.17) is 15.0 Å². The molecule has 5 nitrogen and oxygen atoms in total. The standard InChI is InChI=1S/C14H17FIN3O2/c1-8(2)20-7-14(3,17)13-18-12(21-19-13)10-5-4-9(15)6-11(10)16/h4-6,8H,7,17H2,1-3H3. The van der Waals surface area contributed by atoms with Gasteiger partial charge in [-0.1, -0.05) is 5.16 Å². The van der Waals surface area contributed by atoms with E-state index in [-0.39, 0.29) is 18.5 Å². The average molecular weight is 405 g/mol. The molecule has 0 bridgehead atoms. The number of rotatable bonds is 5. The Labute approximate surface area is 136 Å². The summed E-state index contributed by atoms with van der Waals surface area (Å²) in [7, 11) is 0. The Balaban J connectivity index is 2.25. The topological polar surface area (TPSA) is 74.2 Å². The fourth-order valence-corrected chi connectivity index (χ4v) is 2.34. The Morgan fingerprint density at radius 3 is 2.81 bits per heavy atom. The number of nitrogens with two attached hydrogens (primary N) is 1. The number of nitrogens with zero attached hydrogens (tertiary/aromatic N) is 2. The van der Waals surface area contributed by atoms with Crippen LogP contribution in [0, 0.1) is 9.39 Å². The van der Waals surface area contributed by atoms with Crippen LogP contribution in [0.5, 0.6) is 0 Å². The van der Waals surface area contributed by atoms with Crippen molar-refractivity contribution in [2.45, 2.75) is 32.4 Å². The first kappa shape index (κ1) is 16.3. The molecule has 0 amide bonds. The maximum absolute atomic E-state index is 13.1. The van der Waals surface area contributed by atoms with Crippen LogP contribution in [0.3, 0.4) is 0 Å². The van der Waals surface area contributed by atoms with Crippen molar-refractivity contribution >= 4 is 22.6 Å². The number of halogens is 2. The van der Waals surface area contributed by atoms with Gasteiger partial charge in [-0.3, -0.25) is 0 Å². The summed E-state index contributed by atoms with van der Waals surface area (Å²) in [5, 5.41) is 3.92. The minimum Gasteiger partial charge on any atom is -0.376 e. The molecule has 1 heterocycles. The van der Waals surface area contributed by atoms with Gasteiger partial charge in [-0.15, -0.1) is 0 Å². The van der Waals surface area contributed by atoms with E-state index in [0.717, 1.165) is 0 Å². The molecule has 7 heteroatoms. The lowest BCUT2D eigenvalue weighted by Gasteiger charge is -2.21. The normalized spacial score (nSPS) is 14.4. The monoisotopic (exact) mass is 405 g/mol. The average Bonchev–Trinajstić information content (AvgIpc) is 2.86. The van der Waals surface area contributed by atoms with Crippen LogP contribution < -0.4 is 5.73 Å². The van der Waals surface area contributed by atoms with Gasteiger partial charge in [0.15, 0.2) is 5.82 Å². The quantitative estimate of drug-likeness (QED) is 0.775. The van der Waals surface area contributed by atoms with Crippen LogP contribution in [-0.4, -0.2) is 22.9 Å². The van der Waals surface area contributed by atoms with Gasteiger partial charge in [0.25, 0.3) is 5.89 Å². The molecule has 0 aliphatic heterocycles. The highest BCUT2D eigenvalue weighted by molar-refractivity contribution is 14.1. The van der Waals surface area contributed by atoms with E-state index in [1.165, 1.54) is 12.1 Å². The molecule has 0 aliphatic rings. The summed E-state index contributed by atoms with van der Waals surface area (Å²) in [6.07, 6.45) is 0.0669. The molecule has 21 heavy (non-hydrogen) atoms. The third kappa shape index (κ3) is 3.98. The summed E-state index contributed by atoms with van der Waals surface area (Å²) in [6.45, 7) is 5.92. The van der Waals surface area contributed by atoms with Crippen LogP contribution in [0.15, 0.2) is 22.7 Å². The fourth-order valence-electron chi connectivity index (χ4n) is 1.63. The number of ether oxygens (including phenoxy) is 1. The Morgan fingerprint density at radius 2 is 2.19 bits per heavy atom. The van der Waals surface area contributed by atoms with Gasteiger partial charge in [0, 0.05) is 3.57 Å². The van der Waals surface area contributed by atoms with E-state index < -0.39 is 5.54 Å². The van der Waals surface area contributed by atoms with Crippen LogP contribution in [-0.2, 0) is 10.3 Å². The molecule has 114 valence electrons. The van der Waals surface area contributed by atoms with E-state index in [2.05, 4.69) is 10.1 Å². The highest BCUT2D eigenvalue weighted by Gasteiger charge is 2.29. The molecule has 0 fully saturated rings. The summed E-state index contributed by atoms with van der Waals surface area (Å²) < 4.78 is 24.6. The van der Waals surface area contributed by atoms with Gasteiger partial charge in [0.2, 0.25) is 0 Å². The number of benzene rings is 1. The SMILES string of the molecule is CC(C)OCC(C)(N)c1noc(-c2ccc(F)cc2I)n1. The molecule has 0 radical (unpaired) electrons. The van der Waals surface area contributed by atoms with Gasteiger partial charge in [0.1, 0.15) is 11.4 Å². The second kappa shape index (κ2) is 6.37. The summed E-state index contributed by atoms with van der Waals surface area (Å²) in [4.78, 5) is 4.31. The van der Waals surface area contributed by atoms with Crippen molar-refractivity contribution in [3.8, 4) is 11.5 Å². The second-order valence-corrected chi connectivity index (χ2v) is 6.49. The highest BCUT2D eigenvalue weighted by atomic mass is 127. The third-order valence-corrected chi connectivity index (χ3v) is 3.71. The molecule has 2 rings (SSSR count). The van der Waals surface area contributed by atoms with Crippen molar-refractivity contribution in [2.24, 2.45) is 5.73 Å². The molecule has 2 aromatic rings. The van der Waals surface area contributed by atoms with Crippen LogP contribution in [0.25, 0.3) is 11.5 Å². The molecule has 1 atom stereocenters. The zero-order valence-electron chi connectivity index (χ0n) is 12.1. The van der Waals surface area contributed by atoms with Gasteiger partial charge in [0.05, 0.1) is 18.3 Å². The minimum absolute atomic E-state index is 0.0669.